The van der Waals surface area contributed by atoms with E-state index in [-0.39, 0.29) is 36.3 Å². The third-order valence-corrected chi connectivity index (χ3v) is 5.09. The normalized spacial score (nSPS) is 23.6. The zero-order valence-electron chi connectivity index (χ0n) is 13.0. The first-order valence-corrected chi connectivity index (χ1v) is 7.43. The number of hydrogen-bond donors (Lipinski definition) is 1. The Morgan fingerprint density at radius 3 is 2.77 bits per heavy atom. The molecule has 1 aromatic rings. The van der Waals surface area contributed by atoms with Crippen molar-refractivity contribution in [3.63, 3.8) is 0 Å². The maximum absolute atomic E-state index is 12.8. The molecule has 3 rings (SSSR count). The van der Waals surface area contributed by atoms with Crippen LogP contribution in [-0.2, 0) is 22.6 Å². The number of aromatic amines is 1. The van der Waals surface area contributed by atoms with Gasteiger partial charge in [0.25, 0.3) is 5.56 Å². The summed E-state index contributed by atoms with van der Waals surface area (Å²) in [4.78, 5) is 46.7. The summed E-state index contributed by atoms with van der Waals surface area (Å²) in [5, 5.41) is 0. The van der Waals surface area contributed by atoms with E-state index in [9.17, 15) is 14.4 Å². The molecule has 2 aliphatic rings. The lowest BCUT2D eigenvalue weighted by Gasteiger charge is -2.36. The summed E-state index contributed by atoms with van der Waals surface area (Å²) in [7, 11) is 1.73. The highest BCUT2D eigenvalue weighted by molar-refractivity contribution is 5.91. The molecule has 0 spiro atoms. The first kappa shape index (κ1) is 14.7. The molecule has 0 aromatic carbocycles. The second kappa shape index (κ2) is 4.93. The van der Waals surface area contributed by atoms with E-state index in [0.717, 1.165) is 5.69 Å². The predicted octanol–water partition coefficient (Wildman–Crippen LogP) is -0.0885. The average molecular weight is 304 g/mol. The highest BCUT2D eigenvalue weighted by Gasteiger charge is 2.49. The van der Waals surface area contributed by atoms with Gasteiger partial charge in [0.15, 0.2) is 0 Å². The maximum atomic E-state index is 12.8. The lowest BCUT2D eigenvalue weighted by atomic mass is 9.86. The predicted molar refractivity (Wildman–Crippen MR) is 78.9 cm³/mol. The Balaban J connectivity index is 1.85. The van der Waals surface area contributed by atoms with Gasteiger partial charge in [0.2, 0.25) is 11.8 Å². The minimum atomic E-state index is -0.504. The number of nitrogens with zero attached hydrogens (tertiary/aromatic N) is 3. The third kappa shape index (κ3) is 2.12. The summed E-state index contributed by atoms with van der Waals surface area (Å²) in [5.74, 6) is -0.445. The van der Waals surface area contributed by atoms with Gasteiger partial charge in [-0.2, -0.15) is 0 Å². The van der Waals surface area contributed by atoms with Crippen molar-refractivity contribution in [3.05, 3.63) is 27.9 Å². The van der Waals surface area contributed by atoms with E-state index in [2.05, 4.69) is 9.97 Å². The Bertz CT molecular complexity index is 694. The van der Waals surface area contributed by atoms with Gasteiger partial charge in [-0.1, -0.05) is 0 Å². The number of likely N-dealkylation sites (tertiary alicyclic amines) is 1. The highest BCUT2D eigenvalue weighted by atomic mass is 16.2. The molecule has 1 fully saturated rings. The number of aromatic nitrogens is 2. The van der Waals surface area contributed by atoms with Crippen molar-refractivity contribution < 1.29 is 9.59 Å². The molecule has 1 aromatic heterocycles. The summed E-state index contributed by atoms with van der Waals surface area (Å²) in [6.45, 7) is 4.62. The molecule has 1 saturated heterocycles. The number of carbonyl (C=O) groups is 2. The van der Waals surface area contributed by atoms with Crippen LogP contribution >= 0.6 is 0 Å². The van der Waals surface area contributed by atoms with Gasteiger partial charge in [0.05, 0.1) is 30.0 Å². The van der Waals surface area contributed by atoms with Gasteiger partial charge in [-0.3, -0.25) is 14.4 Å². The first-order valence-electron chi connectivity index (χ1n) is 7.43. The van der Waals surface area contributed by atoms with Gasteiger partial charge in [-0.05, 0) is 13.8 Å². The quantitative estimate of drug-likeness (QED) is 0.786. The van der Waals surface area contributed by atoms with Crippen LogP contribution in [0.4, 0.5) is 0 Å². The Morgan fingerprint density at radius 1 is 1.41 bits per heavy atom. The van der Waals surface area contributed by atoms with E-state index >= 15 is 0 Å². The molecule has 22 heavy (non-hydrogen) atoms. The van der Waals surface area contributed by atoms with Crippen molar-refractivity contribution in [1.29, 1.82) is 0 Å². The lowest BCUT2D eigenvalue weighted by molar-refractivity contribution is -0.138. The first-order chi connectivity index (χ1) is 10.3. The maximum Gasteiger partial charge on any atom is 0.255 e. The minimum absolute atomic E-state index is 0.0136. The van der Waals surface area contributed by atoms with Crippen LogP contribution in [0.2, 0.25) is 0 Å². The minimum Gasteiger partial charge on any atom is -0.340 e. The van der Waals surface area contributed by atoms with Crippen LogP contribution in [0.3, 0.4) is 0 Å². The molecule has 0 saturated carbocycles. The number of fused-ring (bicyclic) bond motifs is 1. The molecule has 1 N–H and O–H groups in total. The fraction of sp³-hybridized carbons (Fsp3) is 0.600. The second-order valence-corrected chi connectivity index (χ2v) is 6.53. The van der Waals surface area contributed by atoms with Crippen molar-refractivity contribution in [2.24, 2.45) is 5.92 Å². The zero-order chi connectivity index (χ0) is 16.1. The summed E-state index contributed by atoms with van der Waals surface area (Å²) < 4.78 is 0. The van der Waals surface area contributed by atoms with Crippen LogP contribution in [0.25, 0.3) is 0 Å². The van der Waals surface area contributed by atoms with E-state index in [1.165, 1.54) is 6.33 Å². The molecule has 3 heterocycles. The fourth-order valence-electron chi connectivity index (χ4n) is 3.27. The Morgan fingerprint density at radius 2 is 2.14 bits per heavy atom. The summed E-state index contributed by atoms with van der Waals surface area (Å²) >= 11 is 0. The molecule has 0 unspecified atom stereocenters. The van der Waals surface area contributed by atoms with Crippen molar-refractivity contribution in [1.82, 2.24) is 19.8 Å². The zero-order valence-corrected chi connectivity index (χ0v) is 13.0. The van der Waals surface area contributed by atoms with E-state index in [0.29, 0.717) is 18.5 Å². The molecule has 7 nitrogen and oxygen atoms in total. The van der Waals surface area contributed by atoms with Gasteiger partial charge < -0.3 is 14.8 Å². The van der Waals surface area contributed by atoms with Crippen molar-refractivity contribution >= 4 is 11.8 Å². The largest absolute Gasteiger partial charge is 0.340 e. The second-order valence-electron chi connectivity index (χ2n) is 6.53. The van der Waals surface area contributed by atoms with Crippen LogP contribution in [0, 0.1) is 5.92 Å². The van der Waals surface area contributed by atoms with Gasteiger partial charge in [0, 0.05) is 32.0 Å². The summed E-state index contributed by atoms with van der Waals surface area (Å²) in [5.41, 5.74) is 0.612. The number of amides is 2. The number of carbonyl (C=O) groups excluding carboxylic acids is 2. The molecule has 0 bridgehead atoms. The molecule has 1 atom stereocenters. The van der Waals surface area contributed by atoms with Crippen LogP contribution in [0.5, 0.6) is 0 Å². The summed E-state index contributed by atoms with van der Waals surface area (Å²) in [6.07, 6.45) is 2.20. The van der Waals surface area contributed by atoms with Crippen LogP contribution in [-0.4, -0.2) is 50.7 Å². The van der Waals surface area contributed by atoms with Crippen LogP contribution < -0.4 is 5.56 Å². The molecule has 118 valence electrons. The van der Waals surface area contributed by atoms with Crippen LogP contribution in [0.15, 0.2) is 11.1 Å². The SMILES string of the molecule is CN1C(=O)C[C@@H](C(=O)N2CCc3nc[nH]c(=O)c3C2)C1(C)C. The van der Waals surface area contributed by atoms with Gasteiger partial charge in [-0.15, -0.1) is 0 Å². The molecular weight excluding hydrogens is 284 g/mol. The Labute approximate surface area is 128 Å². The van der Waals surface area contributed by atoms with Crippen molar-refractivity contribution in [2.45, 2.75) is 38.8 Å². The number of nitrogens with one attached hydrogen (secondary N) is 1. The molecule has 7 heteroatoms. The molecule has 0 aliphatic carbocycles. The standard InChI is InChI=1S/C15H20N4O3/c1-15(2)10(6-12(20)18(15)3)14(22)19-5-4-11-9(7-19)13(21)17-8-16-11/h8,10H,4-7H2,1-3H3,(H,16,17,21)/t10-/m0/s1. The van der Waals surface area contributed by atoms with Crippen molar-refractivity contribution in [2.75, 3.05) is 13.6 Å². The molecule has 0 radical (unpaired) electrons. The van der Waals surface area contributed by atoms with E-state index in [1.54, 1.807) is 16.8 Å². The van der Waals surface area contributed by atoms with E-state index in [1.807, 2.05) is 13.8 Å². The van der Waals surface area contributed by atoms with Gasteiger partial charge in [-0.25, -0.2) is 4.98 Å². The Hall–Kier alpha value is -2.18. The molecular formula is C15H20N4O3. The summed E-state index contributed by atoms with van der Waals surface area (Å²) in [6, 6.07) is 0. The number of hydrogen-bond acceptors (Lipinski definition) is 4. The van der Waals surface area contributed by atoms with Gasteiger partial charge in [0.1, 0.15) is 0 Å². The monoisotopic (exact) mass is 304 g/mol. The number of rotatable bonds is 1. The van der Waals surface area contributed by atoms with Gasteiger partial charge >= 0.3 is 0 Å². The molecule has 2 aliphatic heterocycles. The van der Waals surface area contributed by atoms with E-state index in [4.69, 9.17) is 0 Å². The lowest BCUT2D eigenvalue weighted by Crippen LogP contribution is -2.49. The molecule has 2 amide bonds. The highest BCUT2D eigenvalue weighted by Crippen LogP contribution is 2.36. The number of H-pyrrole nitrogens is 1. The third-order valence-electron chi connectivity index (χ3n) is 5.09. The Kier molecular flexibility index (Phi) is 3.30. The van der Waals surface area contributed by atoms with E-state index < -0.39 is 5.54 Å². The van der Waals surface area contributed by atoms with Crippen molar-refractivity contribution in [3.8, 4) is 0 Å². The fourth-order valence-corrected chi connectivity index (χ4v) is 3.27. The smallest absolute Gasteiger partial charge is 0.255 e. The van der Waals surface area contributed by atoms with Crippen LogP contribution in [0.1, 0.15) is 31.5 Å². The average Bonchev–Trinajstić information content (AvgIpc) is 2.70. The topological polar surface area (TPSA) is 86.4 Å².